The molecule has 3 aliphatic rings. The second-order valence-electron chi connectivity index (χ2n) is 7.14. The summed E-state index contributed by atoms with van der Waals surface area (Å²) in [4.78, 5) is 16.5. The molecule has 0 bridgehead atoms. The first-order valence-corrected chi connectivity index (χ1v) is 9.78. The van der Waals surface area contributed by atoms with E-state index in [1.807, 2.05) is 29.3 Å². The number of benzene rings is 1. The maximum atomic E-state index is 12.9. The molecular formula is C22H23ClN2O2. The molecule has 27 heavy (non-hydrogen) atoms. The number of nitrogens with zero attached hydrogens (tertiary/aromatic N) is 2. The van der Waals surface area contributed by atoms with Crippen molar-refractivity contribution in [3.05, 3.63) is 83.1 Å². The minimum atomic E-state index is -0.00547. The summed E-state index contributed by atoms with van der Waals surface area (Å²) >= 11 is 6.11. The topological polar surface area (TPSA) is 32.8 Å². The third-order valence-corrected chi connectivity index (χ3v) is 5.46. The van der Waals surface area contributed by atoms with E-state index in [1.54, 1.807) is 17.4 Å². The van der Waals surface area contributed by atoms with Gasteiger partial charge in [-0.1, -0.05) is 47.5 Å². The summed E-state index contributed by atoms with van der Waals surface area (Å²) < 4.78 is 5.62. The molecule has 0 spiro atoms. The van der Waals surface area contributed by atoms with Gasteiger partial charge in [0, 0.05) is 36.7 Å². The van der Waals surface area contributed by atoms with Gasteiger partial charge >= 0.3 is 6.03 Å². The van der Waals surface area contributed by atoms with Gasteiger partial charge in [0.15, 0.2) is 0 Å². The molecule has 1 unspecified atom stereocenters. The predicted molar refractivity (Wildman–Crippen MR) is 107 cm³/mol. The zero-order valence-corrected chi connectivity index (χ0v) is 15.9. The third kappa shape index (κ3) is 4.28. The molecule has 2 amide bonds. The van der Waals surface area contributed by atoms with Gasteiger partial charge in [0.05, 0.1) is 6.20 Å². The second kappa shape index (κ2) is 8.05. The van der Waals surface area contributed by atoms with E-state index in [0.717, 1.165) is 43.0 Å². The van der Waals surface area contributed by atoms with Gasteiger partial charge in [-0.05, 0) is 37.0 Å². The monoisotopic (exact) mass is 382 g/mol. The van der Waals surface area contributed by atoms with Crippen molar-refractivity contribution in [2.75, 3.05) is 13.1 Å². The lowest BCUT2D eigenvalue weighted by Crippen LogP contribution is -2.37. The normalized spacial score (nSPS) is 21.7. The van der Waals surface area contributed by atoms with Crippen LogP contribution in [0.4, 0.5) is 4.79 Å². The van der Waals surface area contributed by atoms with Crippen LogP contribution in [0.25, 0.3) is 0 Å². The highest BCUT2D eigenvalue weighted by atomic mass is 35.5. The van der Waals surface area contributed by atoms with Crippen molar-refractivity contribution in [2.45, 2.75) is 31.6 Å². The van der Waals surface area contributed by atoms with Crippen LogP contribution < -0.4 is 0 Å². The number of halogens is 1. The first-order valence-electron chi connectivity index (χ1n) is 9.40. The number of carbonyl (C=O) groups excluding carboxylic acids is 1. The highest BCUT2D eigenvalue weighted by Gasteiger charge is 2.30. The summed E-state index contributed by atoms with van der Waals surface area (Å²) in [6.07, 6.45) is 15.3. The Labute approximate surface area is 165 Å². The van der Waals surface area contributed by atoms with Crippen molar-refractivity contribution in [3.63, 3.8) is 0 Å². The Kier molecular flexibility index (Phi) is 5.35. The van der Waals surface area contributed by atoms with Gasteiger partial charge in [0.2, 0.25) is 0 Å². The summed E-state index contributed by atoms with van der Waals surface area (Å²) in [7, 11) is 0. The SMILES string of the molecule is O=C(N1C=COC(CC2=CC=CCC2)=C1)N1CCC(c2cccc(Cl)c2)C1. The lowest BCUT2D eigenvalue weighted by molar-refractivity contribution is 0.184. The minimum Gasteiger partial charge on any atom is -0.466 e. The fourth-order valence-corrected chi connectivity index (χ4v) is 3.97. The molecule has 140 valence electrons. The van der Waals surface area contributed by atoms with Crippen LogP contribution in [0, 0.1) is 0 Å². The largest absolute Gasteiger partial charge is 0.466 e. The van der Waals surface area contributed by atoms with Crippen molar-refractivity contribution in [2.24, 2.45) is 0 Å². The number of hydrogen-bond acceptors (Lipinski definition) is 2. The number of rotatable bonds is 3. The average Bonchev–Trinajstić information content (AvgIpc) is 3.19. The first kappa shape index (κ1) is 17.9. The molecule has 5 heteroatoms. The second-order valence-corrected chi connectivity index (χ2v) is 7.58. The van der Waals surface area contributed by atoms with Crippen molar-refractivity contribution >= 4 is 17.6 Å². The summed E-state index contributed by atoms with van der Waals surface area (Å²) in [6.45, 7) is 1.46. The fraction of sp³-hybridized carbons (Fsp3) is 0.318. The molecule has 1 aromatic carbocycles. The van der Waals surface area contributed by atoms with Crippen molar-refractivity contribution in [1.29, 1.82) is 0 Å². The number of carbonyl (C=O) groups is 1. The number of urea groups is 1. The number of ether oxygens (including phenoxy) is 1. The van der Waals surface area contributed by atoms with Crippen LogP contribution in [-0.2, 0) is 4.74 Å². The number of likely N-dealkylation sites (tertiary alicyclic amines) is 1. The molecule has 0 aromatic heterocycles. The van der Waals surface area contributed by atoms with E-state index in [1.165, 1.54) is 11.1 Å². The maximum absolute atomic E-state index is 12.9. The van der Waals surface area contributed by atoms with Crippen LogP contribution in [0.15, 0.2) is 72.5 Å². The van der Waals surface area contributed by atoms with Gasteiger partial charge in [0.25, 0.3) is 0 Å². The molecule has 4 rings (SSSR count). The standard InChI is InChI=1S/C22H23ClN2O2/c23-20-8-4-7-18(14-20)19-9-10-24(15-19)22(26)25-11-12-27-21(16-25)13-17-5-2-1-3-6-17/h1-2,4-5,7-8,11-12,14,16,19H,3,6,9-10,13,15H2. The van der Waals surface area contributed by atoms with Gasteiger partial charge in [-0.2, -0.15) is 0 Å². The Morgan fingerprint density at radius 3 is 3.07 bits per heavy atom. The molecule has 2 heterocycles. The predicted octanol–water partition coefficient (Wildman–Crippen LogP) is 5.56. The Bertz CT molecular complexity index is 840. The van der Waals surface area contributed by atoms with Gasteiger partial charge in [-0.15, -0.1) is 0 Å². The van der Waals surface area contributed by atoms with E-state index in [4.69, 9.17) is 16.3 Å². The number of hydrogen-bond donors (Lipinski definition) is 0. The smallest absolute Gasteiger partial charge is 0.328 e. The zero-order chi connectivity index (χ0) is 18.6. The van der Waals surface area contributed by atoms with Gasteiger partial charge in [-0.25, -0.2) is 4.79 Å². The van der Waals surface area contributed by atoms with Crippen LogP contribution in [0.3, 0.4) is 0 Å². The molecule has 0 N–H and O–H groups in total. The van der Waals surface area contributed by atoms with E-state index in [2.05, 4.69) is 24.3 Å². The van der Waals surface area contributed by atoms with Crippen molar-refractivity contribution in [1.82, 2.24) is 9.80 Å². The van der Waals surface area contributed by atoms with E-state index in [0.29, 0.717) is 12.5 Å². The van der Waals surface area contributed by atoms with Gasteiger partial charge in [-0.3, -0.25) is 4.90 Å². The molecular weight excluding hydrogens is 360 g/mol. The minimum absolute atomic E-state index is 0.00547. The zero-order valence-electron chi connectivity index (χ0n) is 15.2. The van der Waals surface area contributed by atoms with E-state index in [9.17, 15) is 4.79 Å². The van der Waals surface area contributed by atoms with E-state index < -0.39 is 0 Å². The first-order chi connectivity index (χ1) is 13.2. The van der Waals surface area contributed by atoms with Gasteiger partial charge in [0.1, 0.15) is 12.0 Å². The van der Waals surface area contributed by atoms with E-state index in [-0.39, 0.29) is 6.03 Å². The van der Waals surface area contributed by atoms with Crippen LogP contribution in [-0.4, -0.2) is 28.9 Å². The number of allylic oxidation sites excluding steroid dienone is 4. The van der Waals surface area contributed by atoms with Crippen molar-refractivity contribution in [3.8, 4) is 0 Å². The summed E-state index contributed by atoms with van der Waals surface area (Å²) in [5, 5.41) is 0.743. The Morgan fingerprint density at radius 1 is 1.33 bits per heavy atom. The fourth-order valence-electron chi connectivity index (χ4n) is 3.77. The maximum Gasteiger partial charge on any atom is 0.328 e. The molecule has 1 aliphatic carbocycles. The molecule has 1 saturated heterocycles. The Morgan fingerprint density at radius 2 is 2.26 bits per heavy atom. The molecule has 4 nitrogen and oxygen atoms in total. The highest BCUT2D eigenvalue weighted by Crippen LogP contribution is 2.30. The summed E-state index contributed by atoms with van der Waals surface area (Å²) in [5.74, 6) is 1.14. The lowest BCUT2D eigenvalue weighted by Gasteiger charge is -2.26. The Balaban J connectivity index is 1.40. The van der Waals surface area contributed by atoms with Crippen LogP contribution in [0.2, 0.25) is 5.02 Å². The van der Waals surface area contributed by atoms with Gasteiger partial charge < -0.3 is 9.64 Å². The molecule has 1 fully saturated rings. The quantitative estimate of drug-likeness (QED) is 0.685. The molecule has 0 radical (unpaired) electrons. The van der Waals surface area contributed by atoms with Crippen molar-refractivity contribution < 1.29 is 9.53 Å². The molecule has 1 aromatic rings. The van der Waals surface area contributed by atoms with Crippen LogP contribution in [0.1, 0.15) is 37.2 Å². The van der Waals surface area contributed by atoms with Crippen LogP contribution in [0.5, 0.6) is 0 Å². The summed E-state index contributed by atoms with van der Waals surface area (Å²) in [6, 6.07) is 7.93. The average molecular weight is 383 g/mol. The molecule has 1 atom stereocenters. The highest BCUT2D eigenvalue weighted by molar-refractivity contribution is 6.30. The molecule has 0 saturated carbocycles. The van der Waals surface area contributed by atoms with Crippen LogP contribution >= 0.6 is 11.6 Å². The lowest BCUT2D eigenvalue weighted by atomic mass is 9.99. The summed E-state index contributed by atoms with van der Waals surface area (Å²) in [5.41, 5.74) is 2.53. The third-order valence-electron chi connectivity index (χ3n) is 5.23. The Hall–Kier alpha value is -2.46. The number of amides is 2. The molecule has 2 aliphatic heterocycles. The van der Waals surface area contributed by atoms with E-state index >= 15 is 0 Å².